The molecule has 5 nitrogen and oxygen atoms in total. The number of hydrogen-bond acceptors (Lipinski definition) is 3. The second-order valence-electron chi connectivity index (χ2n) is 7.17. The van der Waals surface area contributed by atoms with E-state index in [-0.39, 0.29) is 17.9 Å². The summed E-state index contributed by atoms with van der Waals surface area (Å²) in [5.41, 5.74) is 2.00. The van der Waals surface area contributed by atoms with Gasteiger partial charge >= 0.3 is 6.18 Å². The van der Waals surface area contributed by atoms with Crippen molar-refractivity contribution in [2.75, 3.05) is 10.6 Å². The zero-order chi connectivity index (χ0) is 21.5. The molecule has 3 aromatic rings. The van der Waals surface area contributed by atoms with E-state index in [1.54, 1.807) is 36.4 Å². The molecule has 2 atom stereocenters. The van der Waals surface area contributed by atoms with Crippen LogP contribution in [0.3, 0.4) is 0 Å². The van der Waals surface area contributed by atoms with Crippen molar-refractivity contribution in [2.24, 2.45) is 0 Å². The summed E-state index contributed by atoms with van der Waals surface area (Å²) in [5, 5.41) is 10.2. The minimum atomic E-state index is -4.52. The number of anilines is 2. The fourth-order valence-electron chi connectivity index (χ4n) is 3.50. The average Bonchev–Trinajstić information content (AvgIpc) is 3.13. The number of carbonyl (C=O) groups is 1. The molecule has 0 saturated carbocycles. The highest BCUT2D eigenvalue weighted by atomic mass is 35.5. The predicted octanol–water partition coefficient (Wildman–Crippen LogP) is 5.76. The Balaban J connectivity index is 1.65. The summed E-state index contributed by atoms with van der Waals surface area (Å²) in [6.07, 6.45) is -4.77. The number of aryl methyl sites for hydroxylation is 1. The first-order valence-corrected chi connectivity index (χ1v) is 9.65. The molecule has 0 saturated heterocycles. The monoisotopic (exact) mass is 434 g/mol. The summed E-state index contributed by atoms with van der Waals surface area (Å²) >= 11 is 5.89. The van der Waals surface area contributed by atoms with Crippen molar-refractivity contribution in [1.82, 2.24) is 9.78 Å². The zero-order valence-electron chi connectivity index (χ0n) is 15.9. The van der Waals surface area contributed by atoms with E-state index in [0.29, 0.717) is 16.3 Å². The standard InChI is InChI=1S/C21H18ClF3N4O/c1-12-4-2-3-5-15(12)27-20(30)17-11-19-26-16(13-6-8-14(22)9-7-13)10-18(21(23,24)25)29(19)28-17/h2-9,11,16,18,26H,10H2,1H3,(H,27,30)/t16-,18-/m1/s1. The predicted molar refractivity (Wildman–Crippen MR) is 109 cm³/mol. The number of nitrogens with zero attached hydrogens (tertiary/aromatic N) is 2. The summed E-state index contributed by atoms with van der Waals surface area (Å²) < 4.78 is 42.2. The van der Waals surface area contributed by atoms with Gasteiger partial charge in [-0.05, 0) is 36.2 Å². The third kappa shape index (κ3) is 4.00. The van der Waals surface area contributed by atoms with Gasteiger partial charge in [0.2, 0.25) is 0 Å². The Kier molecular flexibility index (Phi) is 5.19. The molecule has 1 aromatic heterocycles. The van der Waals surface area contributed by atoms with Gasteiger partial charge in [-0.1, -0.05) is 41.9 Å². The van der Waals surface area contributed by atoms with E-state index in [1.807, 2.05) is 19.1 Å². The zero-order valence-corrected chi connectivity index (χ0v) is 16.6. The smallest absolute Gasteiger partial charge is 0.363 e. The molecule has 1 aliphatic rings. The van der Waals surface area contributed by atoms with Gasteiger partial charge in [0.15, 0.2) is 11.7 Å². The van der Waals surface area contributed by atoms with E-state index in [2.05, 4.69) is 15.7 Å². The number of nitrogens with one attached hydrogen (secondary N) is 2. The van der Waals surface area contributed by atoms with Crippen LogP contribution >= 0.6 is 11.6 Å². The summed E-state index contributed by atoms with van der Waals surface area (Å²) in [6, 6.07) is 12.7. The molecule has 2 N–H and O–H groups in total. The second-order valence-corrected chi connectivity index (χ2v) is 7.61. The van der Waals surface area contributed by atoms with Crippen LogP contribution in [0.2, 0.25) is 5.02 Å². The van der Waals surface area contributed by atoms with E-state index in [1.165, 1.54) is 6.07 Å². The number of rotatable bonds is 3. The van der Waals surface area contributed by atoms with Gasteiger partial charge in [-0.25, -0.2) is 4.68 Å². The molecular formula is C21H18ClF3N4O. The topological polar surface area (TPSA) is 59.0 Å². The fourth-order valence-corrected chi connectivity index (χ4v) is 3.62. The summed E-state index contributed by atoms with van der Waals surface area (Å²) in [6.45, 7) is 1.83. The van der Waals surface area contributed by atoms with Crippen LogP contribution in [-0.4, -0.2) is 21.9 Å². The van der Waals surface area contributed by atoms with Crippen molar-refractivity contribution in [2.45, 2.75) is 31.6 Å². The minimum Gasteiger partial charge on any atom is -0.363 e. The van der Waals surface area contributed by atoms with Gasteiger partial charge in [0.05, 0.1) is 6.04 Å². The first-order valence-electron chi connectivity index (χ1n) is 9.27. The van der Waals surface area contributed by atoms with Crippen LogP contribution in [0.5, 0.6) is 0 Å². The van der Waals surface area contributed by atoms with Crippen LogP contribution in [-0.2, 0) is 0 Å². The highest BCUT2D eigenvalue weighted by molar-refractivity contribution is 6.30. The van der Waals surface area contributed by atoms with Gasteiger partial charge in [-0.15, -0.1) is 0 Å². The largest absolute Gasteiger partial charge is 0.410 e. The summed E-state index contributed by atoms with van der Waals surface area (Å²) in [7, 11) is 0. The lowest BCUT2D eigenvalue weighted by Crippen LogP contribution is -2.35. The second kappa shape index (κ2) is 7.68. The molecule has 0 radical (unpaired) electrons. The van der Waals surface area contributed by atoms with Gasteiger partial charge in [0.25, 0.3) is 5.91 Å². The average molecular weight is 435 g/mol. The Morgan fingerprint density at radius 1 is 1.20 bits per heavy atom. The normalized spacial score (nSPS) is 18.4. The lowest BCUT2D eigenvalue weighted by atomic mass is 9.97. The van der Waals surface area contributed by atoms with Crippen molar-refractivity contribution >= 4 is 29.0 Å². The molecule has 2 aromatic carbocycles. The SMILES string of the molecule is Cc1ccccc1NC(=O)c1cc2n(n1)[C@@H](C(F)(F)F)C[C@H](c1ccc(Cl)cc1)N2. The van der Waals surface area contributed by atoms with Gasteiger partial charge in [-0.3, -0.25) is 4.79 Å². The maximum absolute atomic E-state index is 13.8. The van der Waals surface area contributed by atoms with Crippen molar-refractivity contribution in [1.29, 1.82) is 0 Å². The molecule has 1 aliphatic heterocycles. The highest BCUT2D eigenvalue weighted by Crippen LogP contribution is 2.43. The molecule has 0 aliphatic carbocycles. The molecule has 0 spiro atoms. The molecule has 2 heterocycles. The fraction of sp³-hybridized carbons (Fsp3) is 0.238. The van der Waals surface area contributed by atoms with Crippen molar-refractivity contribution in [3.8, 4) is 0 Å². The first kappa shape index (κ1) is 20.3. The molecular weight excluding hydrogens is 417 g/mol. The van der Waals surface area contributed by atoms with Gasteiger partial charge < -0.3 is 10.6 Å². The number of amides is 1. The van der Waals surface area contributed by atoms with Gasteiger partial charge in [0, 0.05) is 23.2 Å². The van der Waals surface area contributed by atoms with E-state index in [4.69, 9.17) is 11.6 Å². The quantitative estimate of drug-likeness (QED) is 0.551. The number of alkyl halides is 3. The maximum Gasteiger partial charge on any atom is 0.410 e. The molecule has 0 bridgehead atoms. The third-order valence-electron chi connectivity index (χ3n) is 5.09. The van der Waals surface area contributed by atoms with Crippen LogP contribution in [0.15, 0.2) is 54.6 Å². The Morgan fingerprint density at radius 3 is 2.57 bits per heavy atom. The minimum absolute atomic E-state index is 0.0910. The molecule has 30 heavy (non-hydrogen) atoms. The third-order valence-corrected chi connectivity index (χ3v) is 5.34. The Morgan fingerprint density at radius 2 is 1.90 bits per heavy atom. The highest BCUT2D eigenvalue weighted by Gasteiger charge is 2.46. The molecule has 0 unspecified atom stereocenters. The van der Waals surface area contributed by atoms with E-state index in [9.17, 15) is 18.0 Å². The first-order chi connectivity index (χ1) is 14.2. The van der Waals surface area contributed by atoms with Crippen LogP contribution < -0.4 is 10.6 Å². The van der Waals surface area contributed by atoms with Gasteiger partial charge in [0.1, 0.15) is 5.82 Å². The van der Waals surface area contributed by atoms with Crippen molar-refractivity contribution < 1.29 is 18.0 Å². The molecule has 1 amide bonds. The van der Waals surface area contributed by atoms with Crippen LogP contribution in [0, 0.1) is 6.92 Å². The summed E-state index contributed by atoms with van der Waals surface area (Å²) in [5.74, 6) is -0.435. The van der Waals surface area contributed by atoms with Crippen LogP contribution in [0.4, 0.5) is 24.7 Å². The van der Waals surface area contributed by atoms with E-state index >= 15 is 0 Å². The van der Waals surface area contributed by atoms with E-state index < -0.39 is 24.2 Å². The lowest BCUT2D eigenvalue weighted by Gasteiger charge is -2.33. The Bertz CT molecular complexity index is 1080. The number of hydrogen-bond donors (Lipinski definition) is 2. The number of fused-ring (bicyclic) bond motifs is 1. The molecule has 156 valence electrons. The number of para-hydroxylation sites is 1. The van der Waals surface area contributed by atoms with Crippen LogP contribution in [0.25, 0.3) is 0 Å². The maximum atomic E-state index is 13.8. The Hall–Kier alpha value is -3.00. The number of halogens is 4. The lowest BCUT2D eigenvalue weighted by molar-refractivity contribution is -0.173. The summed E-state index contributed by atoms with van der Waals surface area (Å²) in [4.78, 5) is 12.6. The Labute approximate surface area is 175 Å². The van der Waals surface area contributed by atoms with Crippen molar-refractivity contribution in [3.05, 3.63) is 76.4 Å². The van der Waals surface area contributed by atoms with Crippen molar-refractivity contribution in [3.63, 3.8) is 0 Å². The molecule has 9 heteroatoms. The number of carbonyl (C=O) groups excluding carboxylic acids is 1. The van der Waals surface area contributed by atoms with Gasteiger partial charge in [-0.2, -0.15) is 18.3 Å². The number of benzene rings is 2. The number of aromatic nitrogens is 2. The molecule has 4 rings (SSSR count). The van der Waals surface area contributed by atoms with Crippen LogP contribution in [0.1, 0.15) is 40.1 Å². The molecule has 0 fully saturated rings. The van der Waals surface area contributed by atoms with E-state index in [0.717, 1.165) is 10.2 Å².